The lowest BCUT2D eigenvalue weighted by atomic mass is 10.2. The SMILES string of the molecule is O=S(=O)(Nc1ccc(NCC2CCCO2)nn1)c1ccc2c(c1)OCCO2. The normalized spacial score (nSPS) is 18.9. The first-order valence-electron chi connectivity index (χ1n) is 8.72. The number of anilines is 2. The summed E-state index contributed by atoms with van der Waals surface area (Å²) < 4.78 is 43.9. The van der Waals surface area contributed by atoms with E-state index in [-0.39, 0.29) is 16.8 Å². The van der Waals surface area contributed by atoms with Crippen LogP contribution in [0.15, 0.2) is 35.2 Å². The Morgan fingerprint density at radius 1 is 1.00 bits per heavy atom. The minimum Gasteiger partial charge on any atom is -0.486 e. The summed E-state index contributed by atoms with van der Waals surface area (Å²) in [7, 11) is -3.81. The Morgan fingerprint density at radius 3 is 2.52 bits per heavy atom. The Morgan fingerprint density at radius 2 is 1.78 bits per heavy atom. The van der Waals surface area contributed by atoms with E-state index in [0.29, 0.717) is 37.1 Å². The zero-order valence-electron chi connectivity index (χ0n) is 14.6. The third-order valence-corrected chi connectivity index (χ3v) is 5.61. The minimum absolute atomic E-state index is 0.0640. The molecule has 0 radical (unpaired) electrons. The summed E-state index contributed by atoms with van der Waals surface area (Å²) in [5.41, 5.74) is 0. The highest BCUT2D eigenvalue weighted by Crippen LogP contribution is 2.32. The number of nitrogens with one attached hydrogen (secondary N) is 2. The highest BCUT2D eigenvalue weighted by Gasteiger charge is 2.20. The number of hydrogen-bond acceptors (Lipinski definition) is 8. The zero-order chi connectivity index (χ0) is 18.7. The van der Waals surface area contributed by atoms with Gasteiger partial charge in [0.05, 0.1) is 11.0 Å². The highest BCUT2D eigenvalue weighted by atomic mass is 32.2. The molecule has 2 aromatic rings. The molecule has 0 aliphatic carbocycles. The second-order valence-corrected chi connectivity index (χ2v) is 7.91. The predicted molar refractivity (Wildman–Crippen MR) is 97.7 cm³/mol. The van der Waals surface area contributed by atoms with Crippen molar-refractivity contribution in [3.8, 4) is 11.5 Å². The van der Waals surface area contributed by atoms with Gasteiger partial charge in [-0.25, -0.2) is 8.42 Å². The second-order valence-electron chi connectivity index (χ2n) is 6.23. The number of hydrogen-bond donors (Lipinski definition) is 2. The third-order valence-electron chi connectivity index (χ3n) is 4.26. The van der Waals surface area contributed by atoms with E-state index < -0.39 is 10.0 Å². The second kappa shape index (κ2) is 7.57. The molecular weight excluding hydrogens is 372 g/mol. The molecule has 27 heavy (non-hydrogen) atoms. The number of ether oxygens (including phenoxy) is 3. The Kier molecular flexibility index (Phi) is 4.99. The van der Waals surface area contributed by atoms with Gasteiger partial charge in [0.15, 0.2) is 17.3 Å². The van der Waals surface area contributed by atoms with E-state index in [1.54, 1.807) is 18.2 Å². The van der Waals surface area contributed by atoms with Gasteiger partial charge in [-0.15, -0.1) is 10.2 Å². The van der Waals surface area contributed by atoms with Crippen LogP contribution in [0.4, 0.5) is 11.6 Å². The van der Waals surface area contributed by atoms with Crippen molar-refractivity contribution in [2.45, 2.75) is 23.8 Å². The molecule has 1 saturated heterocycles. The van der Waals surface area contributed by atoms with Gasteiger partial charge in [0.2, 0.25) is 0 Å². The first kappa shape index (κ1) is 17.8. The van der Waals surface area contributed by atoms with E-state index in [1.165, 1.54) is 12.1 Å². The van der Waals surface area contributed by atoms with Crippen molar-refractivity contribution in [3.05, 3.63) is 30.3 Å². The number of rotatable bonds is 6. The van der Waals surface area contributed by atoms with Gasteiger partial charge in [0, 0.05) is 19.2 Å². The van der Waals surface area contributed by atoms with Gasteiger partial charge >= 0.3 is 0 Å². The molecule has 0 amide bonds. The summed E-state index contributed by atoms with van der Waals surface area (Å²) in [5.74, 6) is 1.63. The maximum absolute atomic E-state index is 12.6. The van der Waals surface area contributed by atoms with Crippen LogP contribution in [0.5, 0.6) is 11.5 Å². The molecule has 0 bridgehead atoms. The van der Waals surface area contributed by atoms with Gasteiger partial charge in [0.25, 0.3) is 10.0 Å². The molecule has 2 aliphatic rings. The smallest absolute Gasteiger partial charge is 0.263 e. The number of benzene rings is 1. The van der Waals surface area contributed by atoms with Gasteiger partial charge in [-0.2, -0.15) is 0 Å². The summed E-state index contributed by atoms with van der Waals surface area (Å²) in [6.07, 6.45) is 2.27. The van der Waals surface area contributed by atoms with Crippen molar-refractivity contribution < 1.29 is 22.6 Å². The van der Waals surface area contributed by atoms with Gasteiger partial charge in [-0.05, 0) is 37.1 Å². The minimum atomic E-state index is -3.81. The Balaban J connectivity index is 1.41. The van der Waals surface area contributed by atoms with Crippen LogP contribution >= 0.6 is 0 Å². The van der Waals surface area contributed by atoms with E-state index in [4.69, 9.17) is 14.2 Å². The monoisotopic (exact) mass is 392 g/mol. The molecular formula is C17H20N4O5S. The Hall–Kier alpha value is -2.59. The standard InChI is InChI=1S/C17H20N4O5S/c22-27(23,13-3-4-14-15(10-13)26-9-8-25-14)21-17-6-5-16(19-20-17)18-11-12-2-1-7-24-12/h3-6,10,12H,1-2,7-9,11H2,(H,18,19)(H,20,21). The molecule has 0 spiro atoms. The van der Waals surface area contributed by atoms with Gasteiger partial charge < -0.3 is 19.5 Å². The predicted octanol–water partition coefficient (Wildman–Crippen LogP) is 1.64. The topological polar surface area (TPSA) is 112 Å². The third kappa shape index (κ3) is 4.22. The fraction of sp³-hybridized carbons (Fsp3) is 0.412. The van der Waals surface area contributed by atoms with Crippen LogP contribution in [0.1, 0.15) is 12.8 Å². The number of aromatic nitrogens is 2. The summed E-state index contributed by atoms with van der Waals surface area (Å²) >= 11 is 0. The molecule has 10 heteroatoms. The van der Waals surface area contributed by atoms with E-state index in [2.05, 4.69) is 20.2 Å². The summed E-state index contributed by atoms with van der Waals surface area (Å²) in [4.78, 5) is 0.0640. The Bertz CT molecular complexity index is 898. The molecule has 1 atom stereocenters. The van der Waals surface area contributed by atoms with Crippen LogP contribution < -0.4 is 19.5 Å². The van der Waals surface area contributed by atoms with E-state index in [0.717, 1.165) is 19.4 Å². The number of fused-ring (bicyclic) bond motifs is 1. The molecule has 0 saturated carbocycles. The lowest BCUT2D eigenvalue weighted by molar-refractivity contribution is 0.120. The average Bonchev–Trinajstić information content (AvgIpc) is 3.20. The van der Waals surface area contributed by atoms with Crippen LogP contribution in [0.2, 0.25) is 0 Å². The highest BCUT2D eigenvalue weighted by molar-refractivity contribution is 7.92. The molecule has 1 aromatic carbocycles. The fourth-order valence-corrected chi connectivity index (χ4v) is 3.90. The summed E-state index contributed by atoms with van der Waals surface area (Å²) in [6, 6.07) is 7.69. The molecule has 9 nitrogen and oxygen atoms in total. The summed E-state index contributed by atoms with van der Waals surface area (Å²) in [5, 5.41) is 11.1. The van der Waals surface area contributed by atoms with Crippen LogP contribution in [-0.2, 0) is 14.8 Å². The van der Waals surface area contributed by atoms with Crippen molar-refractivity contribution in [1.29, 1.82) is 0 Å². The molecule has 1 fully saturated rings. The van der Waals surface area contributed by atoms with Crippen molar-refractivity contribution in [3.63, 3.8) is 0 Å². The lowest BCUT2D eigenvalue weighted by Gasteiger charge is -2.19. The van der Waals surface area contributed by atoms with E-state index in [9.17, 15) is 8.42 Å². The molecule has 1 unspecified atom stereocenters. The van der Waals surface area contributed by atoms with Crippen molar-refractivity contribution >= 4 is 21.7 Å². The number of nitrogens with zero attached hydrogens (tertiary/aromatic N) is 2. The van der Waals surface area contributed by atoms with Crippen LogP contribution in [-0.4, -0.2) is 51.1 Å². The van der Waals surface area contributed by atoms with Crippen LogP contribution in [0.25, 0.3) is 0 Å². The van der Waals surface area contributed by atoms with Crippen LogP contribution in [0, 0.1) is 0 Å². The molecule has 2 N–H and O–H groups in total. The Labute approximate surface area is 157 Å². The molecule has 1 aromatic heterocycles. The maximum Gasteiger partial charge on any atom is 0.263 e. The van der Waals surface area contributed by atoms with Gasteiger partial charge in [0.1, 0.15) is 19.0 Å². The lowest BCUT2D eigenvalue weighted by Crippen LogP contribution is -2.19. The maximum atomic E-state index is 12.6. The molecule has 3 heterocycles. The van der Waals surface area contributed by atoms with Crippen molar-refractivity contribution in [2.24, 2.45) is 0 Å². The first-order valence-corrected chi connectivity index (χ1v) is 10.2. The van der Waals surface area contributed by atoms with Crippen molar-refractivity contribution in [1.82, 2.24) is 10.2 Å². The van der Waals surface area contributed by atoms with Gasteiger partial charge in [-0.3, -0.25) is 4.72 Å². The van der Waals surface area contributed by atoms with Crippen molar-refractivity contribution in [2.75, 3.05) is 36.4 Å². The van der Waals surface area contributed by atoms with E-state index in [1.807, 2.05) is 0 Å². The first-order chi connectivity index (χ1) is 13.1. The zero-order valence-corrected chi connectivity index (χ0v) is 15.4. The van der Waals surface area contributed by atoms with Gasteiger partial charge in [-0.1, -0.05) is 0 Å². The quantitative estimate of drug-likeness (QED) is 0.763. The van der Waals surface area contributed by atoms with Crippen LogP contribution in [0.3, 0.4) is 0 Å². The molecule has 2 aliphatic heterocycles. The molecule has 4 rings (SSSR count). The average molecular weight is 392 g/mol. The summed E-state index contributed by atoms with van der Waals surface area (Å²) in [6.45, 7) is 2.27. The number of sulfonamides is 1. The molecule has 144 valence electrons. The largest absolute Gasteiger partial charge is 0.486 e. The van der Waals surface area contributed by atoms with E-state index >= 15 is 0 Å². The fourth-order valence-electron chi connectivity index (χ4n) is 2.89.